The molecule has 9 nitrogen and oxygen atoms in total. The Labute approximate surface area is 217 Å². The van der Waals surface area contributed by atoms with Crippen molar-refractivity contribution in [2.24, 2.45) is 0 Å². The van der Waals surface area contributed by atoms with E-state index in [-0.39, 0.29) is 40.2 Å². The molecule has 3 N–H and O–H groups in total. The number of ether oxygens (including phenoxy) is 1. The number of nitrogens with one attached hydrogen (secondary N) is 1. The Morgan fingerprint density at radius 1 is 0.974 bits per heavy atom. The molecule has 196 valence electrons. The van der Waals surface area contributed by atoms with E-state index in [4.69, 9.17) is 10.5 Å². The summed E-state index contributed by atoms with van der Waals surface area (Å²) in [5.74, 6) is -0.865. The van der Waals surface area contributed by atoms with E-state index in [2.05, 4.69) is 25.3 Å². The number of fused-ring (bicyclic) bond motifs is 2. The molecule has 1 unspecified atom stereocenters. The van der Waals surface area contributed by atoms with Crippen molar-refractivity contribution in [3.05, 3.63) is 89.6 Å². The Kier molecular flexibility index (Phi) is 5.28. The molecule has 0 saturated carbocycles. The smallest absolute Gasteiger partial charge is 0.434 e. The molecule has 0 radical (unpaired) electrons. The summed E-state index contributed by atoms with van der Waals surface area (Å²) >= 11 is 0. The fourth-order valence-corrected chi connectivity index (χ4v) is 4.46. The number of amides is 1. The molecule has 0 bridgehead atoms. The van der Waals surface area contributed by atoms with Crippen molar-refractivity contribution < 1.29 is 27.1 Å². The van der Waals surface area contributed by atoms with Gasteiger partial charge in [0.1, 0.15) is 34.3 Å². The molecule has 0 aliphatic carbocycles. The van der Waals surface area contributed by atoms with E-state index in [1.165, 1.54) is 30.5 Å². The number of benzene rings is 2. The Balaban J connectivity index is 1.50. The van der Waals surface area contributed by atoms with Crippen LogP contribution in [0.1, 0.15) is 23.7 Å². The van der Waals surface area contributed by atoms with Crippen molar-refractivity contribution in [3.8, 4) is 23.1 Å². The lowest BCUT2D eigenvalue weighted by atomic mass is 9.78. The van der Waals surface area contributed by atoms with Gasteiger partial charge in [-0.3, -0.25) is 9.20 Å². The van der Waals surface area contributed by atoms with Gasteiger partial charge in [-0.15, -0.1) is 0 Å². The van der Waals surface area contributed by atoms with Crippen molar-refractivity contribution in [3.63, 3.8) is 0 Å². The summed E-state index contributed by atoms with van der Waals surface area (Å²) in [6, 6.07) is 13.7. The second kappa shape index (κ2) is 8.48. The van der Waals surface area contributed by atoms with Gasteiger partial charge in [-0.1, -0.05) is 30.3 Å². The summed E-state index contributed by atoms with van der Waals surface area (Å²) in [5.41, 5.74) is 4.44. The number of nitrogens with two attached hydrogens (primary N) is 1. The van der Waals surface area contributed by atoms with Crippen molar-refractivity contribution in [2.75, 3.05) is 11.1 Å². The molecule has 2 aromatic carbocycles. The number of hydrogen-bond donors (Lipinski definition) is 2. The van der Waals surface area contributed by atoms with Crippen LogP contribution >= 0.6 is 0 Å². The van der Waals surface area contributed by atoms with Crippen LogP contribution in [-0.2, 0) is 16.4 Å². The van der Waals surface area contributed by atoms with Gasteiger partial charge in [0.05, 0.1) is 5.56 Å². The van der Waals surface area contributed by atoms with Crippen LogP contribution in [0.4, 0.5) is 29.2 Å². The van der Waals surface area contributed by atoms with Crippen LogP contribution in [0.3, 0.4) is 0 Å². The van der Waals surface area contributed by atoms with Crippen molar-refractivity contribution in [1.29, 1.82) is 0 Å². The minimum Gasteiger partial charge on any atom is -0.436 e. The number of para-hydroxylation sites is 1. The zero-order valence-corrected chi connectivity index (χ0v) is 20.0. The average molecular weight is 535 g/mol. The van der Waals surface area contributed by atoms with Crippen LogP contribution in [0.25, 0.3) is 17.2 Å². The first-order valence-corrected chi connectivity index (χ1v) is 11.5. The van der Waals surface area contributed by atoms with Crippen LogP contribution in [0.5, 0.6) is 11.6 Å². The normalized spacial score (nSPS) is 16.8. The van der Waals surface area contributed by atoms with Gasteiger partial charge in [0, 0.05) is 12.4 Å². The number of carbonyl (C=O) groups is 1. The van der Waals surface area contributed by atoms with E-state index < -0.39 is 29.0 Å². The third-order valence-corrected chi connectivity index (χ3v) is 6.43. The van der Waals surface area contributed by atoms with Crippen LogP contribution in [0.2, 0.25) is 0 Å². The van der Waals surface area contributed by atoms with Gasteiger partial charge in [0.15, 0.2) is 11.5 Å². The zero-order valence-electron chi connectivity index (χ0n) is 20.0. The second-order valence-corrected chi connectivity index (χ2v) is 8.94. The summed E-state index contributed by atoms with van der Waals surface area (Å²) in [7, 11) is 0. The minimum atomic E-state index is -4.71. The fraction of sp³-hybridized carbons (Fsp3) is 0.115. The van der Waals surface area contributed by atoms with Gasteiger partial charge in [-0.05, 0) is 36.8 Å². The van der Waals surface area contributed by atoms with Crippen molar-refractivity contribution in [2.45, 2.75) is 18.5 Å². The molecule has 1 aliphatic heterocycles. The molecular formula is C26H17F4N7O2. The highest BCUT2D eigenvalue weighted by Crippen LogP contribution is 2.45. The fourth-order valence-electron chi connectivity index (χ4n) is 4.46. The van der Waals surface area contributed by atoms with E-state index >= 15 is 0 Å². The molecule has 1 amide bonds. The van der Waals surface area contributed by atoms with E-state index in [0.717, 1.165) is 10.6 Å². The molecule has 4 heterocycles. The van der Waals surface area contributed by atoms with Crippen LogP contribution in [0, 0.1) is 5.82 Å². The van der Waals surface area contributed by atoms with E-state index in [1.54, 1.807) is 37.3 Å². The van der Waals surface area contributed by atoms with Gasteiger partial charge in [-0.2, -0.15) is 13.2 Å². The Bertz CT molecular complexity index is 1760. The van der Waals surface area contributed by atoms with E-state index in [1.807, 2.05) is 0 Å². The summed E-state index contributed by atoms with van der Waals surface area (Å²) in [4.78, 5) is 29.8. The Morgan fingerprint density at radius 3 is 2.38 bits per heavy atom. The maximum absolute atomic E-state index is 13.5. The number of hydrogen-bond acceptors (Lipinski definition) is 7. The van der Waals surface area contributed by atoms with E-state index in [0.29, 0.717) is 11.3 Å². The first-order valence-electron chi connectivity index (χ1n) is 11.5. The lowest BCUT2D eigenvalue weighted by Gasteiger charge is -2.23. The first-order chi connectivity index (χ1) is 18.5. The van der Waals surface area contributed by atoms with Gasteiger partial charge >= 0.3 is 6.18 Å². The monoisotopic (exact) mass is 535 g/mol. The summed E-state index contributed by atoms with van der Waals surface area (Å²) in [5, 5.41) is 2.68. The quantitative estimate of drug-likeness (QED) is 0.312. The molecule has 39 heavy (non-hydrogen) atoms. The molecule has 6 rings (SSSR count). The number of nitrogens with zero attached hydrogens (tertiary/aromatic N) is 5. The standard InChI is InChI=1S/C26H17F4N7O2/c1-25(13-7-9-14(27)10-8-13)18-19(31)34-20(35-21(18)36-24(25)38)16-11-37-12-17(26(28,29)30)33-22(37)23(32-16)39-15-5-3-2-4-6-15/h2-12H,1H3,(H3,31,34,35,36,38). The van der Waals surface area contributed by atoms with Gasteiger partial charge in [0.2, 0.25) is 11.6 Å². The molecule has 1 atom stereocenters. The van der Waals surface area contributed by atoms with Crippen LogP contribution in [-0.4, -0.2) is 30.2 Å². The second-order valence-electron chi connectivity index (χ2n) is 8.94. The van der Waals surface area contributed by atoms with Gasteiger partial charge in [-0.25, -0.2) is 24.3 Å². The number of carbonyl (C=O) groups excluding carboxylic acids is 1. The number of aromatic nitrogens is 5. The lowest BCUT2D eigenvalue weighted by molar-refractivity contribution is -0.140. The third-order valence-electron chi connectivity index (χ3n) is 6.43. The molecular weight excluding hydrogens is 518 g/mol. The molecule has 0 fully saturated rings. The predicted octanol–water partition coefficient (Wildman–Crippen LogP) is 4.98. The van der Waals surface area contributed by atoms with Gasteiger partial charge < -0.3 is 15.8 Å². The number of imidazole rings is 1. The summed E-state index contributed by atoms with van der Waals surface area (Å²) in [6.07, 6.45) is -2.66. The Morgan fingerprint density at radius 2 is 1.69 bits per heavy atom. The number of anilines is 2. The molecule has 0 spiro atoms. The topological polar surface area (TPSA) is 120 Å². The number of halogens is 4. The SMILES string of the molecule is CC1(c2ccc(F)cc2)C(=O)Nc2nc(-c3cn4cc(C(F)(F)F)nc4c(Oc4ccccc4)n3)nc(N)c21. The van der Waals surface area contributed by atoms with Crippen LogP contribution < -0.4 is 15.8 Å². The van der Waals surface area contributed by atoms with Crippen molar-refractivity contribution >= 4 is 23.2 Å². The number of alkyl halides is 3. The minimum absolute atomic E-state index is 0.0127. The maximum atomic E-state index is 13.5. The van der Waals surface area contributed by atoms with E-state index in [9.17, 15) is 22.4 Å². The summed E-state index contributed by atoms with van der Waals surface area (Å²) in [6.45, 7) is 1.61. The summed E-state index contributed by atoms with van der Waals surface area (Å²) < 4.78 is 60.7. The molecule has 3 aromatic heterocycles. The highest BCUT2D eigenvalue weighted by atomic mass is 19.4. The number of nitrogen functional groups attached to an aromatic ring is 1. The zero-order chi connectivity index (χ0) is 27.5. The molecule has 1 aliphatic rings. The average Bonchev–Trinajstić information content (AvgIpc) is 3.45. The van der Waals surface area contributed by atoms with Crippen LogP contribution in [0.15, 0.2) is 67.0 Å². The highest BCUT2D eigenvalue weighted by molar-refractivity contribution is 6.09. The first kappa shape index (κ1) is 24.3. The largest absolute Gasteiger partial charge is 0.436 e. The molecule has 5 aromatic rings. The maximum Gasteiger partial charge on any atom is 0.434 e. The van der Waals surface area contributed by atoms with Gasteiger partial charge in [0.25, 0.3) is 5.88 Å². The molecule has 13 heteroatoms. The lowest BCUT2D eigenvalue weighted by Crippen LogP contribution is -2.33. The predicted molar refractivity (Wildman–Crippen MR) is 131 cm³/mol. The molecule has 0 saturated heterocycles. The third kappa shape index (κ3) is 3.98. The Hall–Kier alpha value is -5.07. The van der Waals surface area contributed by atoms with Crippen molar-refractivity contribution in [1.82, 2.24) is 24.3 Å². The highest BCUT2D eigenvalue weighted by Gasteiger charge is 2.47. The number of rotatable bonds is 4.